The maximum absolute atomic E-state index is 12.3. The van der Waals surface area contributed by atoms with Gasteiger partial charge >= 0.3 is 12.2 Å². The van der Waals surface area contributed by atoms with E-state index < -0.39 is 17.8 Å². The molecule has 78 valence electrons. The third-order valence-electron chi connectivity index (χ3n) is 1.79. The fraction of sp³-hybridized carbons (Fsp3) is 0.125. The number of benzene rings is 1. The van der Waals surface area contributed by atoms with Crippen LogP contribution in [0, 0.1) is 0 Å². The lowest BCUT2D eigenvalue weighted by Crippen LogP contribution is -2.25. The van der Waals surface area contributed by atoms with Crippen LogP contribution < -0.4 is 10.7 Å². The first-order valence-corrected chi connectivity index (χ1v) is 4.14. The monoisotopic (exact) mass is 234 g/mol. The molecule has 0 aromatic heterocycles. The SMILES string of the molecule is O=C1N=c2cc(C(F)(F)F)cc(Cl)c2=N1. The van der Waals surface area contributed by atoms with Crippen molar-refractivity contribution in [2.45, 2.75) is 6.18 Å². The van der Waals surface area contributed by atoms with E-state index in [2.05, 4.69) is 9.98 Å². The molecule has 1 heterocycles. The van der Waals surface area contributed by atoms with Crippen molar-refractivity contribution in [1.82, 2.24) is 0 Å². The van der Waals surface area contributed by atoms with Gasteiger partial charge in [0.15, 0.2) is 0 Å². The van der Waals surface area contributed by atoms with E-state index in [0.29, 0.717) is 0 Å². The van der Waals surface area contributed by atoms with Crippen LogP contribution in [0.1, 0.15) is 5.56 Å². The van der Waals surface area contributed by atoms with Crippen LogP contribution in [0.3, 0.4) is 0 Å². The fourth-order valence-electron chi connectivity index (χ4n) is 1.17. The third-order valence-corrected chi connectivity index (χ3v) is 2.08. The van der Waals surface area contributed by atoms with Crippen LogP contribution in [0.15, 0.2) is 22.1 Å². The molecule has 0 unspecified atom stereocenters. The van der Waals surface area contributed by atoms with Gasteiger partial charge in [0, 0.05) is 0 Å². The average molecular weight is 235 g/mol. The Morgan fingerprint density at radius 2 is 1.87 bits per heavy atom. The zero-order valence-electron chi connectivity index (χ0n) is 6.97. The van der Waals surface area contributed by atoms with Gasteiger partial charge in [0.1, 0.15) is 5.36 Å². The van der Waals surface area contributed by atoms with Gasteiger partial charge in [0.05, 0.1) is 15.9 Å². The number of alkyl halides is 3. The smallest absolute Gasteiger partial charge is 0.244 e. The van der Waals surface area contributed by atoms with Crippen LogP contribution in [-0.4, -0.2) is 6.03 Å². The second kappa shape index (κ2) is 3.03. The Balaban J connectivity index is 2.77. The van der Waals surface area contributed by atoms with E-state index in [1.54, 1.807) is 0 Å². The number of nitrogens with zero attached hydrogens (tertiary/aromatic N) is 2. The predicted molar refractivity (Wildman–Crippen MR) is 44.2 cm³/mol. The molecule has 1 aliphatic heterocycles. The van der Waals surface area contributed by atoms with Crippen molar-refractivity contribution in [1.29, 1.82) is 0 Å². The summed E-state index contributed by atoms with van der Waals surface area (Å²) in [6, 6.07) is 0.624. The summed E-state index contributed by atoms with van der Waals surface area (Å²) in [5, 5.41) is -0.371. The first-order chi connectivity index (χ1) is 6.88. The van der Waals surface area contributed by atoms with Crippen molar-refractivity contribution >= 4 is 17.6 Å². The lowest BCUT2D eigenvalue weighted by Gasteiger charge is -2.05. The van der Waals surface area contributed by atoms with Crippen LogP contribution in [0.4, 0.5) is 18.0 Å². The second-order valence-corrected chi connectivity index (χ2v) is 3.24. The highest BCUT2D eigenvalue weighted by Crippen LogP contribution is 2.28. The molecule has 2 rings (SSSR count). The standard InChI is InChI=1S/C8H2ClF3N2O/c9-4-1-3(8(10,11)12)2-5-6(4)14-7(15)13-5/h1-2H. The van der Waals surface area contributed by atoms with Crippen molar-refractivity contribution < 1.29 is 18.0 Å². The molecule has 15 heavy (non-hydrogen) atoms. The van der Waals surface area contributed by atoms with Gasteiger partial charge in [0.2, 0.25) is 0 Å². The minimum Gasteiger partial charge on any atom is -0.244 e. The van der Waals surface area contributed by atoms with E-state index in [0.717, 1.165) is 12.1 Å². The predicted octanol–water partition coefficient (Wildman–Crippen LogP) is 1.73. The molecule has 0 saturated carbocycles. The maximum atomic E-state index is 12.3. The molecule has 1 aromatic carbocycles. The number of amides is 2. The maximum Gasteiger partial charge on any atom is 0.416 e. The summed E-state index contributed by atoms with van der Waals surface area (Å²) in [6.45, 7) is 0. The summed E-state index contributed by atoms with van der Waals surface area (Å²) >= 11 is 5.54. The van der Waals surface area contributed by atoms with Crippen molar-refractivity contribution in [3.63, 3.8) is 0 Å². The zero-order chi connectivity index (χ0) is 11.2. The number of halogens is 4. The molecular weight excluding hydrogens is 233 g/mol. The van der Waals surface area contributed by atoms with Crippen LogP contribution in [0.5, 0.6) is 0 Å². The van der Waals surface area contributed by atoms with E-state index in [4.69, 9.17) is 11.6 Å². The Hall–Kier alpha value is -1.43. The van der Waals surface area contributed by atoms with Gasteiger partial charge in [0.25, 0.3) is 0 Å². The van der Waals surface area contributed by atoms with Gasteiger partial charge in [-0.3, -0.25) is 0 Å². The largest absolute Gasteiger partial charge is 0.416 e. The van der Waals surface area contributed by atoms with Gasteiger partial charge < -0.3 is 0 Å². The molecule has 0 fully saturated rings. The Labute approximate surface area is 85.9 Å². The highest BCUT2D eigenvalue weighted by molar-refractivity contribution is 6.30. The van der Waals surface area contributed by atoms with Crippen LogP contribution >= 0.6 is 11.6 Å². The van der Waals surface area contributed by atoms with Crippen LogP contribution in [0.25, 0.3) is 0 Å². The molecule has 1 aliphatic rings. The summed E-state index contributed by atoms with van der Waals surface area (Å²) in [5.74, 6) is 0. The number of urea groups is 1. The second-order valence-electron chi connectivity index (χ2n) is 2.83. The van der Waals surface area contributed by atoms with Crippen LogP contribution in [-0.2, 0) is 6.18 Å². The first-order valence-electron chi connectivity index (χ1n) is 3.76. The van der Waals surface area contributed by atoms with Gasteiger partial charge in [-0.1, -0.05) is 11.6 Å². The molecule has 7 heteroatoms. The molecule has 0 radical (unpaired) electrons. The number of rotatable bonds is 0. The van der Waals surface area contributed by atoms with Gasteiger partial charge in [-0.2, -0.15) is 23.2 Å². The highest BCUT2D eigenvalue weighted by Gasteiger charge is 2.31. The fourth-order valence-corrected chi connectivity index (χ4v) is 1.42. The molecule has 0 saturated heterocycles. The quantitative estimate of drug-likeness (QED) is 0.674. The van der Waals surface area contributed by atoms with E-state index in [-0.39, 0.29) is 15.7 Å². The van der Waals surface area contributed by atoms with Crippen LogP contribution in [0.2, 0.25) is 5.02 Å². The zero-order valence-corrected chi connectivity index (χ0v) is 7.73. The normalized spacial score (nSPS) is 14.5. The van der Waals surface area contributed by atoms with Gasteiger partial charge in [-0.15, -0.1) is 0 Å². The van der Waals surface area contributed by atoms with E-state index in [1.165, 1.54) is 0 Å². The summed E-state index contributed by atoms with van der Waals surface area (Å²) in [4.78, 5) is 17.4. The average Bonchev–Trinajstić information content (AvgIpc) is 2.44. The number of hydrogen-bond donors (Lipinski definition) is 0. The molecule has 0 bridgehead atoms. The summed E-state index contributed by atoms with van der Waals surface area (Å²) < 4.78 is 37.0. The minimum absolute atomic E-state index is 0.00494. The molecule has 3 nitrogen and oxygen atoms in total. The van der Waals surface area contributed by atoms with E-state index in [1.807, 2.05) is 0 Å². The molecule has 0 atom stereocenters. The number of fused-ring (bicyclic) bond motifs is 1. The third kappa shape index (κ3) is 1.72. The van der Waals surface area contributed by atoms with Crippen molar-refractivity contribution in [2.75, 3.05) is 0 Å². The molecule has 0 spiro atoms. The van der Waals surface area contributed by atoms with Gasteiger partial charge in [-0.05, 0) is 12.1 Å². The van der Waals surface area contributed by atoms with Crippen molar-refractivity contribution in [2.24, 2.45) is 9.98 Å². The first kappa shape index (κ1) is 10.1. The number of carbonyl (C=O) groups is 1. The lowest BCUT2D eigenvalue weighted by atomic mass is 10.2. The molecule has 0 aliphatic carbocycles. The Morgan fingerprint density at radius 3 is 2.47 bits per heavy atom. The van der Waals surface area contributed by atoms with Crippen molar-refractivity contribution in [3.8, 4) is 0 Å². The Morgan fingerprint density at radius 1 is 1.20 bits per heavy atom. The lowest BCUT2D eigenvalue weighted by molar-refractivity contribution is -0.137. The summed E-state index contributed by atoms with van der Waals surface area (Å²) in [6.07, 6.45) is -4.51. The number of hydrogen-bond acceptors (Lipinski definition) is 1. The van der Waals surface area contributed by atoms with Gasteiger partial charge in [-0.25, -0.2) is 4.79 Å². The number of carbonyl (C=O) groups excluding carboxylic acids is 1. The van der Waals surface area contributed by atoms with E-state index in [9.17, 15) is 18.0 Å². The summed E-state index contributed by atoms with van der Waals surface area (Å²) in [7, 11) is 0. The Kier molecular flexibility index (Phi) is 2.04. The summed E-state index contributed by atoms with van der Waals surface area (Å²) in [5.41, 5.74) is -0.945. The molecule has 2 amide bonds. The Bertz CT molecular complexity index is 564. The topological polar surface area (TPSA) is 41.8 Å². The van der Waals surface area contributed by atoms with Crippen molar-refractivity contribution in [3.05, 3.63) is 33.4 Å². The minimum atomic E-state index is -4.51. The molecule has 1 aromatic rings. The molecule has 0 N–H and O–H groups in total. The van der Waals surface area contributed by atoms with E-state index >= 15 is 0 Å². The molecular formula is C8H2ClF3N2O. The highest BCUT2D eigenvalue weighted by atomic mass is 35.5.